The highest BCUT2D eigenvalue weighted by Crippen LogP contribution is 2.33. The van der Waals surface area contributed by atoms with Crippen LogP contribution in [-0.4, -0.2) is 11.1 Å². The zero-order chi connectivity index (χ0) is 11.9. The van der Waals surface area contributed by atoms with Crippen molar-refractivity contribution in [1.29, 1.82) is 0 Å². The van der Waals surface area contributed by atoms with Crippen LogP contribution in [0.3, 0.4) is 0 Å². The minimum Gasteiger partial charge on any atom is -0.476 e. The summed E-state index contributed by atoms with van der Waals surface area (Å²) < 4.78 is 31.7. The van der Waals surface area contributed by atoms with E-state index >= 15 is 0 Å². The molecule has 1 N–H and O–H groups in total. The molecule has 16 heavy (non-hydrogen) atoms. The number of fused-ring (bicyclic) bond motifs is 1. The highest BCUT2D eigenvalue weighted by atomic mass is 79.9. The van der Waals surface area contributed by atoms with E-state index in [2.05, 4.69) is 15.9 Å². The fourth-order valence-corrected chi connectivity index (χ4v) is 1.65. The van der Waals surface area contributed by atoms with E-state index in [1.54, 1.807) is 12.1 Å². The van der Waals surface area contributed by atoms with Crippen LogP contribution >= 0.6 is 15.9 Å². The van der Waals surface area contributed by atoms with Crippen LogP contribution in [-0.2, 0) is 10.7 Å². The van der Waals surface area contributed by atoms with Crippen molar-refractivity contribution in [1.82, 2.24) is 0 Å². The summed E-state index contributed by atoms with van der Waals surface area (Å²) in [4.78, 5) is 10.3. The normalized spacial score (nSPS) is 11.9. The van der Waals surface area contributed by atoms with Crippen molar-refractivity contribution < 1.29 is 23.1 Å². The molecule has 2 rings (SSSR count). The van der Waals surface area contributed by atoms with Gasteiger partial charge in [-0.1, -0.05) is 15.9 Å². The number of rotatable bonds is 2. The Kier molecular flexibility index (Phi) is 2.46. The molecule has 0 saturated heterocycles. The third-order valence-corrected chi connectivity index (χ3v) is 2.55. The van der Waals surface area contributed by atoms with E-state index in [4.69, 9.17) is 9.52 Å². The van der Waals surface area contributed by atoms with Gasteiger partial charge < -0.3 is 9.52 Å². The summed E-state index contributed by atoms with van der Waals surface area (Å²) in [5, 5.41) is 8.78. The molecule has 0 fully saturated rings. The first-order valence-corrected chi connectivity index (χ1v) is 5.01. The standard InChI is InChI=1S/C10H5BrF2O3/c11-6-1-2-7-5(3-6)4-8(16-7)10(12,13)9(14)15/h1-4H,(H,14,15). The molecule has 1 heterocycles. The Labute approximate surface area is 96.8 Å². The van der Waals surface area contributed by atoms with E-state index in [0.29, 0.717) is 9.86 Å². The van der Waals surface area contributed by atoms with Crippen LogP contribution < -0.4 is 0 Å². The zero-order valence-corrected chi connectivity index (χ0v) is 9.29. The average Bonchev–Trinajstić information content (AvgIpc) is 2.60. The van der Waals surface area contributed by atoms with Crippen LogP contribution in [0.2, 0.25) is 0 Å². The second-order valence-electron chi connectivity index (χ2n) is 3.17. The number of carboxylic acids is 1. The van der Waals surface area contributed by atoms with Crippen molar-refractivity contribution in [3.63, 3.8) is 0 Å². The van der Waals surface area contributed by atoms with Crippen LogP contribution in [0.1, 0.15) is 5.76 Å². The van der Waals surface area contributed by atoms with Gasteiger partial charge in [-0.05, 0) is 24.3 Å². The quantitative estimate of drug-likeness (QED) is 0.922. The van der Waals surface area contributed by atoms with Crippen LogP contribution in [0.25, 0.3) is 11.0 Å². The maximum atomic E-state index is 13.1. The molecule has 0 amide bonds. The lowest BCUT2D eigenvalue weighted by Gasteiger charge is -2.05. The highest BCUT2D eigenvalue weighted by Gasteiger charge is 2.44. The molecule has 1 aromatic heterocycles. The van der Waals surface area contributed by atoms with Crippen molar-refractivity contribution in [3.05, 3.63) is 34.5 Å². The summed E-state index contributed by atoms with van der Waals surface area (Å²) in [5.74, 6) is -7.11. The van der Waals surface area contributed by atoms with Crippen molar-refractivity contribution in [2.24, 2.45) is 0 Å². The Bertz CT molecular complexity index is 562. The maximum absolute atomic E-state index is 13.1. The van der Waals surface area contributed by atoms with Gasteiger partial charge in [0.1, 0.15) is 5.58 Å². The monoisotopic (exact) mass is 290 g/mol. The lowest BCUT2D eigenvalue weighted by atomic mass is 10.2. The van der Waals surface area contributed by atoms with Gasteiger partial charge in [0.2, 0.25) is 0 Å². The predicted molar refractivity (Wildman–Crippen MR) is 55.4 cm³/mol. The van der Waals surface area contributed by atoms with Crippen molar-refractivity contribution in [2.75, 3.05) is 0 Å². The number of benzene rings is 1. The molecule has 0 aliphatic rings. The molecular weight excluding hydrogens is 286 g/mol. The fourth-order valence-electron chi connectivity index (χ4n) is 1.27. The van der Waals surface area contributed by atoms with Gasteiger partial charge in [0.05, 0.1) is 0 Å². The summed E-state index contributed by atoms with van der Waals surface area (Å²) in [7, 11) is 0. The molecule has 0 unspecified atom stereocenters. The summed E-state index contributed by atoms with van der Waals surface area (Å²) >= 11 is 3.18. The molecule has 3 nitrogen and oxygen atoms in total. The minimum absolute atomic E-state index is 0.221. The molecule has 0 aliphatic carbocycles. The lowest BCUT2D eigenvalue weighted by Crippen LogP contribution is -2.24. The Hall–Kier alpha value is -1.43. The number of aliphatic carboxylic acids is 1. The number of alkyl halides is 2. The van der Waals surface area contributed by atoms with E-state index in [1.165, 1.54) is 6.07 Å². The van der Waals surface area contributed by atoms with Crippen LogP contribution in [0.4, 0.5) is 8.78 Å². The molecule has 0 aliphatic heterocycles. The molecule has 0 atom stereocenters. The van der Waals surface area contributed by atoms with E-state index in [0.717, 1.165) is 6.07 Å². The number of hydrogen-bond donors (Lipinski definition) is 1. The Morgan fingerprint density at radius 2 is 2.06 bits per heavy atom. The second kappa shape index (κ2) is 3.55. The van der Waals surface area contributed by atoms with Gasteiger partial charge in [-0.2, -0.15) is 8.78 Å². The number of halogens is 3. The Morgan fingerprint density at radius 3 is 2.69 bits per heavy atom. The number of hydrogen-bond acceptors (Lipinski definition) is 2. The zero-order valence-electron chi connectivity index (χ0n) is 7.71. The summed E-state index contributed by atoms with van der Waals surface area (Å²) in [6.45, 7) is 0. The van der Waals surface area contributed by atoms with E-state index in [9.17, 15) is 13.6 Å². The molecule has 1 aromatic carbocycles. The molecule has 6 heteroatoms. The smallest absolute Gasteiger partial charge is 0.399 e. The lowest BCUT2D eigenvalue weighted by molar-refractivity contribution is -0.168. The molecule has 0 bridgehead atoms. The molecular formula is C10H5BrF2O3. The number of carboxylic acid groups (broad SMARTS) is 1. The van der Waals surface area contributed by atoms with E-state index in [1.807, 2.05) is 0 Å². The summed E-state index contributed by atoms with van der Waals surface area (Å²) in [6, 6.07) is 5.70. The molecule has 0 radical (unpaired) electrons. The highest BCUT2D eigenvalue weighted by molar-refractivity contribution is 9.10. The van der Waals surface area contributed by atoms with Crippen molar-refractivity contribution in [3.8, 4) is 0 Å². The molecule has 0 spiro atoms. The van der Waals surface area contributed by atoms with Crippen LogP contribution in [0.5, 0.6) is 0 Å². The number of furan rings is 1. The van der Waals surface area contributed by atoms with Crippen molar-refractivity contribution >= 4 is 32.9 Å². The van der Waals surface area contributed by atoms with Crippen LogP contribution in [0.15, 0.2) is 33.2 Å². The first kappa shape index (κ1) is 11.1. The van der Waals surface area contributed by atoms with E-state index in [-0.39, 0.29) is 5.58 Å². The first-order valence-electron chi connectivity index (χ1n) is 4.22. The third kappa shape index (κ3) is 1.69. The molecule has 2 aromatic rings. The van der Waals surface area contributed by atoms with Gasteiger partial charge in [-0.25, -0.2) is 4.79 Å². The molecule has 84 valence electrons. The maximum Gasteiger partial charge on any atom is 0.399 e. The van der Waals surface area contributed by atoms with Gasteiger partial charge in [0, 0.05) is 9.86 Å². The van der Waals surface area contributed by atoms with Gasteiger partial charge in [-0.15, -0.1) is 0 Å². The minimum atomic E-state index is -4.01. The van der Waals surface area contributed by atoms with Gasteiger partial charge in [0.25, 0.3) is 0 Å². The fraction of sp³-hybridized carbons (Fsp3) is 0.100. The summed E-state index contributed by atoms with van der Waals surface area (Å²) in [6.07, 6.45) is 0. The summed E-state index contributed by atoms with van der Waals surface area (Å²) in [5.41, 5.74) is 0.221. The Balaban J connectivity index is 2.59. The van der Waals surface area contributed by atoms with Gasteiger partial charge in [-0.3, -0.25) is 0 Å². The van der Waals surface area contributed by atoms with Gasteiger partial charge in [0.15, 0.2) is 5.76 Å². The Morgan fingerprint density at radius 1 is 1.38 bits per heavy atom. The predicted octanol–water partition coefficient (Wildman–Crippen LogP) is 3.37. The topological polar surface area (TPSA) is 50.4 Å². The SMILES string of the molecule is O=C(O)C(F)(F)c1cc2cc(Br)ccc2o1. The largest absolute Gasteiger partial charge is 0.476 e. The first-order chi connectivity index (χ1) is 7.41. The van der Waals surface area contributed by atoms with Gasteiger partial charge >= 0.3 is 11.9 Å². The molecule has 0 saturated carbocycles. The van der Waals surface area contributed by atoms with Crippen LogP contribution in [0, 0.1) is 0 Å². The third-order valence-electron chi connectivity index (χ3n) is 2.06. The number of carbonyl (C=O) groups is 1. The van der Waals surface area contributed by atoms with E-state index < -0.39 is 17.7 Å². The van der Waals surface area contributed by atoms with Crippen molar-refractivity contribution in [2.45, 2.75) is 5.92 Å². The average molecular weight is 291 g/mol. The second-order valence-corrected chi connectivity index (χ2v) is 4.09.